The standard InChI is InChI=1S/C31H35N7O5S/c1-31(2,3)43-30(40)37-22-8-6-7-21(17-22)35-27-26(44-16-15-41-5)19-34-29(38-27)36-20-9-11-23(12-10-20)42-24-13-14-33-25(18-24)28(39)32-4/h6-14,17-19H,15-16H2,1-5H3,(H,32,39)(H,37,40)(H2,34,35,36,38). The molecule has 0 atom stereocenters. The first kappa shape index (κ1) is 32.0. The lowest BCUT2D eigenvalue weighted by molar-refractivity contribution is 0.0635. The predicted molar refractivity (Wildman–Crippen MR) is 172 cm³/mol. The summed E-state index contributed by atoms with van der Waals surface area (Å²) in [6, 6.07) is 17.8. The average molecular weight is 618 g/mol. The van der Waals surface area contributed by atoms with Crippen LogP contribution >= 0.6 is 11.8 Å². The Morgan fingerprint density at radius 3 is 2.41 bits per heavy atom. The lowest BCUT2D eigenvalue weighted by Crippen LogP contribution is -2.27. The van der Waals surface area contributed by atoms with Crippen molar-refractivity contribution in [2.75, 3.05) is 42.5 Å². The van der Waals surface area contributed by atoms with E-state index in [0.717, 1.165) is 10.6 Å². The Morgan fingerprint density at radius 1 is 0.909 bits per heavy atom. The molecule has 0 aliphatic rings. The lowest BCUT2D eigenvalue weighted by Gasteiger charge is -2.20. The fourth-order valence-electron chi connectivity index (χ4n) is 3.69. The lowest BCUT2D eigenvalue weighted by atomic mass is 10.2. The van der Waals surface area contributed by atoms with Gasteiger partial charge in [0.1, 0.15) is 28.6 Å². The molecule has 13 heteroatoms. The monoisotopic (exact) mass is 617 g/mol. The Hall–Kier alpha value is -4.88. The minimum Gasteiger partial charge on any atom is -0.457 e. The van der Waals surface area contributed by atoms with Gasteiger partial charge in [-0.3, -0.25) is 15.1 Å². The molecule has 0 aliphatic heterocycles. The second-order valence-corrected chi connectivity index (χ2v) is 11.4. The molecule has 44 heavy (non-hydrogen) atoms. The fourth-order valence-corrected chi connectivity index (χ4v) is 4.52. The van der Waals surface area contributed by atoms with Gasteiger partial charge in [-0.15, -0.1) is 11.8 Å². The van der Waals surface area contributed by atoms with Crippen LogP contribution in [-0.4, -0.2) is 59.1 Å². The van der Waals surface area contributed by atoms with E-state index < -0.39 is 11.7 Å². The minimum atomic E-state index is -0.608. The van der Waals surface area contributed by atoms with Crippen LogP contribution in [-0.2, 0) is 9.47 Å². The Bertz CT molecular complexity index is 1580. The van der Waals surface area contributed by atoms with Gasteiger partial charge in [0.25, 0.3) is 5.91 Å². The van der Waals surface area contributed by atoms with E-state index in [1.54, 1.807) is 68.5 Å². The van der Waals surface area contributed by atoms with Gasteiger partial charge < -0.3 is 30.2 Å². The number of hydrogen-bond donors (Lipinski definition) is 4. The van der Waals surface area contributed by atoms with E-state index in [1.165, 1.54) is 6.20 Å². The van der Waals surface area contributed by atoms with Crippen molar-refractivity contribution in [2.24, 2.45) is 0 Å². The van der Waals surface area contributed by atoms with Gasteiger partial charge in [0, 0.05) is 55.4 Å². The zero-order chi connectivity index (χ0) is 31.5. The van der Waals surface area contributed by atoms with Crippen LogP contribution in [0.3, 0.4) is 0 Å². The molecule has 0 spiro atoms. The number of anilines is 5. The number of ether oxygens (including phenoxy) is 3. The van der Waals surface area contributed by atoms with Crippen molar-refractivity contribution >= 4 is 52.6 Å². The maximum Gasteiger partial charge on any atom is 0.412 e. The molecule has 4 N–H and O–H groups in total. The Balaban J connectivity index is 1.48. The first-order valence-electron chi connectivity index (χ1n) is 13.7. The molecule has 4 rings (SSSR count). The second-order valence-electron chi connectivity index (χ2n) is 10.3. The SMILES string of the molecule is CNC(=O)c1cc(Oc2ccc(Nc3ncc(SCCOC)c(Nc4cccc(NC(=O)OC(C)(C)C)c4)n3)cc2)ccn1. The van der Waals surface area contributed by atoms with Crippen molar-refractivity contribution in [2.45, 2.75) is 31.3 Å². The number of pyridine rings is 1. The highest BCUT2D eigenvalue weighted by Crippen LogP contribution is 2.31. The molecule has 0 unspecified atom stereocenters. The summed E-state index contributed by atoms with van der Waals surface area (Å²) in [5, 5.41) is 11.9. The molecular weight excluding hydrogens is 582 g/mol. The Morgan fingerprint density at radius 2 is 1.68 bits per heavy atom. The maximum atomic E-state index is 12.3. The van der Waals surface area contributed by atoms with Crippen molar-refractivity contribution < 1.29 is 23.8 Å². The first-order chi connectivity index (χ1) is 21.1. The molecule has 12 nitrogen and oxygen atoms in total. The molecule has 0 bridgehead atoms. The molecule has 2 amide bonds. The van der Waals surface area contributed by atoms with E-state index in [-0.39, 0.29) is 11.6 Å². The minimum absolute atomic E-state index is 0.264. The number of rotatable bonds is 12. The summed E-state index contributed by atoms with van der Waals surface area (Å²) in [5.41, 5.74) is 1.69. The van der Waals surface area contributed by atoms with E-state index >= 15 is 0 Å². The van der Waals surface area contributed by atoms with Gasteiger partial charge >= 0.3 is 6.09 Å². The van der Waals surface area contributed by atoms with Gasteiger partial charge in [0.05, 0.1) is 11.5 Å². The summed E-state index contributed by atoms with van der Waals surface area (Å²) in [6.07, 6.45) is 2.72. The second kappa shape index (κ2) is 15.0. The maximum absolute atomic E-state index is 12.3. The first-order valence-corrected chi connectivity index (χ1v) is 14.7. The Labute approximate surface area is 260 Å². The third kappa shape index (κ3) is 9.85. The zero-order valence-corrected chi connectivity index (χ0v) is 26.0. The van der Waals surface area contributed by atoms with Gasteiger partial charge in [-0.05, 0) is 69.3 Å². The predicted octanol–water partition coefficient (Wildman–Crippen LogP) is 6.60. The number of carbonyl (C=O) groups excluding carboxylic acids is 2. The van der Waals surface area contributed by atoms with Gasteiger partial charge in [-0.2, -0.15) is 4.98 Å². The molecule has 2 aromatic heterocycles. The zero-order valence-electron chi connectivity index (χ0n) is 25.1. The third-order valence-corrected chi connectivity index (χ3v) is 6.59. The van der Waals surface area contributed by atoms with E-state index in [4.69, 9.17) is 19.2 Å². The van der Waals surface area contributed by atoms with E-state index in [0.29, 0.717) is 47.0 Å². The number of aromatic nitrogens is 3. The summed E-state index contributed by atoms with van der Waals surface area (Å²) in [7, 11) is 3.20. The fraction of sp³-hybridized carbons (Fsp3) is 0.258. The third-order valence-electron chi connectivity index (χ3n) is 5.61. The number of thioether (sulfide) groups is 1. The number of methoxy groups -OCH3 is 1. The Kier molecular flexibility index (Phi) is 10.9. The summed E-state index contributed by atoms with van der Waals surface area (Å²) in [4.78, 5) is 38.2. The number of nitrogens with one attached hydrogen (secondary N) is 4. The summed E-state index contributed by atoms with van der Waals surface area (Å²) >= 11 is 1.56. The molecule has 0 saturated carbocycles. The largest absolute Gasteiger partial charge is 0.457 e. The molecule has 0 saturated heterocycles. The highest BCUT2D eigenvalue weighted by atomic mass is 32.2. The van der Waals surface area contributed by atoms with Crippen LogP contribution in [0.5, 0.6) is 11.5 Å². The topological polar surface area (TPSA) is 149 Å². The number of amides is 2. The van der Waals surface area contributed by atoms with Crippen LogP contribution in [0.15, 0.2) is 78.0 Å². The van der Waals surface area contributed by atoms with Crippen LogP contribution in [0, 0.1) is 0 Å². The molecule has 230 valence electrons. The molecule has 4 aromatic rings. The molecule has 0 aliphatic carbocycles. The van der Waals surface area contributed by atoms with Crippen LogP contribution < -0.4 is 26.0 Å². The van der Waals surface area contributed by atoms with Crippen LogP contribution in [0.25, 0.3) is 0 Å². The van der Waals surface area contributed by atoms with Crippen molar-refractivity contribution in [3.63, 3.8) is 0 Å². The number of nitrogens with zero attached hydrogens (tertiary/aromatic N) is 3. The van der Waals surface area contributed by atoms with Crippen LogP contribution in [0.4, 0.5) is 33.6 Å². The van der Waals surface area contributed by atoms with Crippen molar-refractivity contribution in [3.8, 4) is 11.5 Å². The molecule has 2 heterocycles. The normalized spacial score (nSPS) is 10.9. The van der Waals surface area contributed by atoms with Crippen LogP contribution in [0.1, 0.15) is 31.3 Å². The van der Waals surface area contributed by atoms with Gasteiger partial charge in [-0.25, -0.2) is 9.78 Å². The van der Waals surface area contributed by atoms with E-state index in [1.807, 2.05) is 45.0 Å². The molecular formula is C31H35N7O5S. The van der Waals surface area contributed by atoms with Crippen molar-refractivity contribution in [3.05, 3.63) is 78.8 Å². The quantitative estimate of drug-likeness (QED) is 0.101. The van der Waals surface area contributed by atoms with E-state index in [9.17, 15) is 9.59 Å². The van der Waals surface area contributed by atoms with Crippen molar-refractivity contribution in [1.29, 1.82) is 0 Å². The molecule has 0 radical (unpaired) electrons. The van der Waals surface area contributed by atoms with Crippen LogP contribution in [0.2, 0.25) is 0 Å². The summed E-state index contributed by atoms with van der Waals surface area (Å²) in [6.45, 7) is 6.00. The highest BCUT2D eigenvalue weighted by molar-refractivity contribution is 7.99. The highest BCUT2D eigenvalue weighted by Gasteiger charge is 2.17. The summed E-state index contributed by atoms with van der Waals surface area (Å²) < 4.78 is 16.5. The van der Waals surface area contributed by atoms with Gasteiger partial charge in [-0.1, -0.05) is 6.07 Å². The van der Waals surface area contributed by atoms with Gasteiger partial charge in [0.15, 0.2) is 0 Å². The molecule has 0 fully saturated rings. The smallest absolute Gasteiger partial charge is 0.412 e. The molecule has 2 aromatic carbocycles. The van der Waals surface area contributed by atoms with Gasteiger partial charge in [0.2, 0.25) is 5.95 Å². The average Bonchev–Trinajstić information content (AvgIpc) is 2.98. The van der Waals surface area contributed by atoms with Crippen molar-refractivity contribution in [1.82, 2.24) is 20.3 Å². The number of benzene rings is 2. The summed E-state index contributed by atoms with van der Waals surface area (Å²) in [5.74, 6) is 2.46. The van der Waals surface area contributed by atoms with E-state index in [2.05, 4.69) is 31.2 Å². The number of carbonyl (C=O) groups is 2. The number of hydrogen-bond acceptors (Lipinski definition) is 11.